The van der Waals surface area contributed by atoms with Crippen molar-refractivity contribution in [1.29, 1.82) is 0 Å². The summed E-state index contributed by atoms with van der Waals surface area (Å²) in [5.41, 5.74) is 2.04. The zero-order valence-corrected chi connectivity index (χ0v) is 20.9. The van der Waals surface area contributed by atoms with Gasteiger partial charge in [-0.1, -0.05) is 42.5 Å². The molecule has 2 heterocycles. The van der Waals surface area contributed by atoms with Crippen LogP contribution in [0.5, 0.6) is 0 Å². The van der Waals surface area contributed by atoms with E-state index in [2.05, 4.69) is 32.8 Å². The predicted octanol–water partition coefficient (Wildman–Crippen LogP) is 2.90. The molecule has 5 rings (SSSR count). The van der Waals surface area contributed by atoms with Crippen LogP contribution in [-0.2, 0) is 16.1 Å². The van der Waals surface area contributed by atoms with Gasteiger partial charge in [0.25, 0.3) is 0 Å². The number of carbonyl (C=O) groups excluding carboxylic acids is 2. The molecular formula is C23H26IN5O2S. The van der Waals surface area contributed by atoms with Gasteiger partial charge in [-0.15, -0.1) is 35.3 Å². The average Bonchev–Trinajstić information content (AvgIpc) is 3.57. The fourth-order valence-corrected chi connectivity index (χ4v) is 5.79. The van der Waals surface area contributed by atoms with Crippen LogP contribution < -0.4 is 10.6 Å². The van der Waals surface area contributed by atoms with E-state index in [1.54, 1.807) is 18.4 Å². The van der Waals surface area contributed by atoms with Gasteiger partial charge in [0.05, 0.1) is 24.1 Å². The molecular weight excluding hydrogens is 537 g/mol. The Morgan fingerprint density at radius 2 is 1.81 bits per heavy atom. The molecule has 2 aromatic rings. The molecule has 0 radical (unpaired) electrons. The highest BCUT2D eigenvalue weighted by Crippen LogP contribution is 2.52. The van der Waals surface area contributed by atoms with E-state index >= 15 is 0 Å². The lowest BCUT2D eigenvalue weighted by molar-refractivity contribution is -0.140. The highest BCUT2D eigenvalue weighted by atomic mass is 127. The largest absolute Gasteiger partial charge is 0.355 e. The maximum atomic E-state index is 12.8. The predicted molar refractivity (Wildman–Crippen MR) is 136 cm³/mol. The molecule has 2 amide bonds. The SMILES string of the molecule is CN=C(NCCN1C(=O)C2C3C=CC(C3)C2C1=O)NCc1csc(-c2ccccc2)n1.I. The van der Waals surface area contributed by atoms with E-state index in [4.69, 9.17) is 0 Å². The van der Waals surface area contributed by atoms with Crippen molar-refractivity contribution in [2.75, 3.05) is 20.1 Å². The van der Waals surface area contributed by atoms with Crippen molar-refractivity contribution in [2.45, 2.75) is 13.0 Å². The minimum absolute atomic E-state index is 0. The highest BCUT2D eigenvalue weighted by molar-refractivity contribution is 14.0. The third-order valence-corrected chi connectivity index (χ3v) is 7.36. The van der Waals surface area contributed by atoms with Crippen molar-refractivity contribution in [1.82, 2.24) is 20.5 Å². The molecule has 3 aliphatic rings. The molecule has 4 atom stereocenters. The number of carbonyl (C=O) groups is 2. The molecule has 1 aromatic heterocycles. The van der Waals surface area contributed by atoms with Gasteiger partial charge in [0.15, 0.2) is 5.96 Å². The summed E-state index contributed by atoms with van der Waals surface area (Å²) >= 11 is 1.61. The van der Waals surface area contributed by atoms with E-state index in [-0.39, 0.29) is 59.5 Å². The quantitative estimate of drug-likeness (QED) is 0.186. The van der Waals surface area contributed by atoms with E-state index in [0.29, 0.717) is 25.6 Å². The van der Waals surface area contributed by atoms with Crippen LogP contribution in [0.1, 0.15) is 12.1 Å². The smallest absolute Gasteiger partial charge is 0.233 e. The van der Waals surface area contributed by atoms with Crippen LogP contribution in [0.3, 0.4) is 0 Å². The molecule has 2 N–H and O–H groups in total. The van der Waals surface area contributed by atoms with Gasteiger partial charge in [0.1, 0.15) is 5.01 Å². The van der Waals surface area contributed by atoms with Gasteiger partial charge in [-0.3, -0.25) is 19.5 Å². The van der Waals surface area contributed by atoms with Crippen molar-refractivity contribution >= 4 is 53.1 Å². The summed E-state index contributed by atoms with van der Waals surface area (Å²) in [6, 6.07) is 10.1. The van der Waals surface area contributed by atoms with E-state index in [1.165, 1.54) is 4.90 Å². The molecule has 1 saturated carbocycles. The molecule has 7 nitrogen and oxygen atoms in total. The second kappa shape index (κ2) is 9.70. The number of rotatable bonds is 6. The molecule has 4 unspecified atom stereocenters. The minimum Gasteiger partial charge on any atom is -0.355 e. The van der Waals surface area contributed by atoms with Crippen LogP contribution in [0.25, 0.3) is 10.6 Å². The maximum absolute atomic E-state index is 12.8. The summed E-state index contributed by atoms with van der Waals surface area (Å²) in [6.45, 7) is 1.37. The summed E-state index contributed by atoms with van der Waals surface area (Å²) in [5.74, 6) is 0.831. The van der Waals surface area contributed by atoms with Crippen LogP contribution in [0.4, 0.5) is 0 Å². The normalized spacial score (nSPS) is 25.8. The molecule has 2 bridgehead atoms. The number of amides is 2. The Hall–Kier alpha value is -2.27. The topological polar surface area (TPSA) is 86.7 Å². The zero-order valence-electron chi connectivity index (χ0n) is 17.7. The number of thiazole rings is 1. The Morgan fingerprint density at radius 1 is 1.12 bits per heavy atom. The van der Waals surface area contributed by atoms with Crippen LogP contribution >= 0.6 is 35.3 Å². The summed E-state index contributed by atoms with van der Waals surface area (Å²) in [4.78, 5) is 35.9. The number of fused-ring (bicyclic) bond motifs is 5. The number of imide groups is 1. The third kappa shape index (κ3) is 4.19. The van der Waals surface area contributed by atoms with Crippen LogP contribution in [-0.4, -0.2) is 47.8 Å². The molecule has 0 spiro atoms. The zero-order chi connectivity index (χ0) is 21.4. The number of nitrogens with zero attached hydrogens (tertiary/aromatic N) is 3. The van der Waals surface area contributed by atoms with Crippen LogP contribution in [0.15, 0.2) is 52.9 Å². The van der Waals surface area contributed by atoms with Crippen molar-refractivity contribution in [3.63, 3.8) is 0 Å². The van der Waals surface area contributed by atoms with Crippen molar-refractivity contribution in [2.24, 2.45) is 28.7 Å². The van der Waals surface area contributed by atoms with E-state index in [9.17, 15) is 9.59 Å². The molecule has 2 fully saturated rings. The Kier molecular flexibility index (Phi) is 6.94. The lowest BCUT2D eigenvalue weighted by atomic mass is 9.85. The fraction of sp³-hybridized carbons (Fsp3) is 0.391. The first-order valence-corrected chi connectivity index (χ1v) is 11.5. The fourth-order valence-electron chi connectivity index (χ4n) is 4.97. The number of aliphatic imine (C=N–C) groups is 1. The Balaban J connectivity index is 0.00000245. The number of halogens is 1. The first-order valence-electron chi connectivity index (χ1n) is 10.6. The van der Waals surface area contributed by atoms with Crippen molar-refractivity contribution in [3.8, 4) is 10.6 Å². The summed E-state index contributed by atoms with van der Waals surface area (Å²) < 4.78 is 0. The van der Waals surface area contributed by atoms with E-state index in [0.717, 1.165) is 22.7 Å². The van der Waals surface area contributed by atoms with Gasteiger partial charge in [0.2, 0.25) is 11.8 Å². The minimum atomic E-state index is -0.136. The first kappa shape index (κ1) is 22.9. The molecule has 1 aliphatic heterocycles. The lowest BCUT2D eigenvalue weighted by Crippen LogP contribution is -2.43. The molecule has 1 aromatic carbocycles. The van der Waals surface area contributed by atoms with Crippen LogP contribution in [0, 0.1) is 23.7 Å². The monoisotopic (exact) mass is 563 g/mol. The Morgan fingerprint density at radius 3 is 2.47 bits per heavy atom. The number of hydrogen-bond donors (Lipinski definition) is 2. The molecule has 2 aliphatic carbocycles. The van der Waals surface area contributed by atoms with Crippen molar-refractivity contribution < 1.29 is 9.59 Å². The van der Waals surface area contributed by atoms with Gasteiger partial charge < -0.3 is 10.6 Å². The van der Waals surface area contributed by atoms with Crippen molar-refractivity contribution in [3.05, 3.63) is 53.6 Å². The summed E-state index contributed by atoms with van der Waals surface area (Å²) in [6.07, 6.45) is 5.19. The maximum Gasteiger partial charge on any atom is 0.233 e. The van der Waals surface area contributed by atoms with E-state index < -0.39 is 0 Å². The molecule has 1 saturated heterocycles. The average molecular weight is 563 g/mol. The highest BCUT2D eigenvalue weighted by Gasteiger charge is 2.58. The second-order valence-electron chi connectivity index (χ2n) is 8.19. The van der Waals surface area contributed by atoms with Gasteiger partial charge >= 0.3 is 0 Å². The van der Waals surface area contributed by atoms with Gasteiger partial charge in [-0.25, -0.2) is 4.98 Å². The third-order valence-electron chi connectivity index (χ3n) is 6.42. The number of allylic oxidation sites excluding steroid dienone is 2. The Bertz CT molecular complexity index is 1020. The summed E-state index contributed by atoms with van der Waals surface area (Å²) in [5, 5.41) is 9.47. The first-order chi connectivity index (χ1) is 15.2. The standard InChI is InChI=1S/C23H25N5O2S.HI/c1-24-23(26-12-17-13-31-20(27-17)14-5-3-2-4-6-14)25-9-10-28-21(29)18-15-7-8-16(11-15)19(18)22(28)30;/h2-8,13,15-16,18-19H,9-12H2,1H3,(H2,24,25,26);1H. The Labute approximate surface area is 208 Å². The number of aromatic nitrogens is 1. The van der Waals surface area contributed by atoms with Gasteiger partial charge in [-0.2, -0.15) is 0 Å². The number of benzene rings is 1. The van der Waals surface area contributed by atoms with Crippen LogP contribution in [0.2, 0.25) is 0 Å². The van der Waals surface area contributed by atoms with Gasteiger partial charge in [0, 0.05) is 31.1 Å². The lowest BCUT2D eigenvalue weighted by Gasteiger charge is -2.18. The summed E-state index contributed by atoms with van der Waals surface area (Å²) in [7, 11) is 1.70. The number of hydrogen-bond acceptors (Lipinski definition) is 5. The molecule has 32 heavy (non-hydrogen) atoms. The number of guanidine groups is 1. The molecule has 168 valence electrons. The van der Waals surface area contributed by atoms with E-state index in [1.807, 2.05) is 35.7 Å². The molecule has 9 heteroatoms. The second-order valence-corrected chi connectivity index (χ2v) is 9.05. The number of likely N-dealkylation sites (tertiary alicyclic amines) is 1. The number of nitrogens with one attached hydrogen (secondary N) is 2. The van der Waals surface area contributed by atoms with Gasteiger partial charge in [-0.05, 0) is 18.3 Å².